The molecule has 0 bridgehead atoms. The second kappa shape index (κ2) is 6.78. The molecule has 2 aromatic rings. The van der Waals surface area contributed by atoms with Crippen LogP contribution in [0.15, 0.2) is 20.1 Å². The van der Waals surface area contributed by atoms with Crippen LogP contribution in [0.3, 0.4) is 0 Å². The summed E-state index contributed by atoms with van der Waals surface area (Å²) in [6.45, 7) is 4.95. The fourth-order valence-corrected chi connectivity index (χ4v) is 5.38. The number of nitrogens with one attached hydrogen (secondary N) is 1. The summed E-state index contributed by atoms with van der Waals surface area (Å²) in [6.07, 6.45) is 0.668. The summed E-state index contributed by atoms with van der Waals surface area (Å²) in [5, 5.41) is 4.74. The van der Waals surface area contributed by atoms with Gasteiger partial charge in [-0.05, 0) is 48.3 Å². The highest BCUT2D eigenvalue weighted by Gasteiger charge is 2.18. The number of aromatic nitrogens is 2. The van der Waals surface area contributed by atoms with Crippen LogP contribution < -0.4 is 4.72 Å². The van der Waals surface area contributed by atoms with Gasteiger partial charge in [0.2, 0.25) is 10.0 Å². The lowest BCUT2D eigenvalue weighted by atomic mass is 10.4. The van der Waals surface area contributed by atoms with Gasteiger partial charge < -0.3 is 0 Å². The normalized spacial score (nSPS) is 12.0. The molecule has 5 nitrogen and oxygen atoms in total. The summed E-state index contributed by atoms with van der Waals surface area (Å²) in [6, 6.07) is 3.44. The van der Waals surface area contributed by atoms with Gasteiger partial charge in [0.05, 0.1) is 14.5 Å². The number of rotatable bonds is 6. The van der Waals surface area contributed by atoms with E-state index in [-0.39, 0.29) is 4.21 Å². The molecule has 0 atom stereocenters. The minimum Gasteiger partial charge on any atom is -0.270 e. The molecular weight excluding hydrogens is 398 g/mol. The van der Waals surface area contributed by atoms with Crippen LogP contribution in [-0.4, -0.2) is 24.7 Å². The van der Waals surface area contributed by atoms with Gasteiger partial charge in [-0.1, -0.05) is 11.6 Å². The molecule has 21 heavy (non-hydrogen) atoms. The molecule has 0 aliphatic heterocycles. The van der Waals surface area contributed by atoms with Gasteiger partial charge in [0.1, 0.15) is 4.21 Å². The van der Waals surface area contributed by atoms with Crippen LogP contribution in [0.5, 0.6) is 0 Å². The lowest BCUT2D eigenvalue weighted by molar-refractivity contribution is 0.545. The predicted molar refractivity (Wildman–Crippen MR) is 88.5 cm³/mol. The fraction of sp³-hybridized carbons (Fsp3) is 0.417. The molecule has 2 heterocycles. The number of hydrogen-bond donors (Lipinski definition) is 1. The maximum atomic E-state index is 12.1. The van der Waals surface area contributed by atoms with E-state index in [2.05, 4.69) is 25.8 Å². The SMILES string of the molecule is Cc1cc(C)n(CCCNS(=O)(=O)c2cc(Cl)c(Br)s2)n1. The minimum atomic E-state index is -3.50. The molecule has 1 N–H and O–H groups in total. The van der Waals surface area contributed by atoms with Gasteiger partial charge in [-0.25, -0.2) is 13.1 Å². The summed E-state index contributed by atoms with van der Waals surface area (Å²) in [4.78, 5) is 0. The Morgan fingerprint density at radius 3 is 2.67 bits per heavy atom. The van der Waals surface area contributed by atoms with Gasteiger partial charge in [0.15, 0.2) is 0 Å². The summed E-state index contributed by atoms with van der Waals surface area (Å²) < 4.78 is 29.4. The summed E-state index contributed by atoms with van der Waals surface area (Å²) >= 11 is 10.2. The van der Waals surface area contributed by atoms with Crippen LogP contribution in [0.4, 0.5) is 0 Å². The quantitative estimate of drug-likeness (QED) is 0.740. The molecule has 0 radical (unpaired) electrons. The van der Waals surface area contributed by atoms with Gasteiger partial charge in [0, 0.05) is 18.8 Å². The molecule has 0 aliphatic rings. The molecule has 0 aromatic carbocycles. The Morgan fingerprint density at radius 2 is 2.14 bits per heavy atom. The molecule has 0 saturated heterocycles. The maximum Gasteiger partial charge on any atom is 0.250 e. The Morgan fingerprint density at radius 1 is 1.43 bits per heavy atom. The van der Waals surface area contributed by atoms with Crippen molar-refractivity contribution in [2.24, 2.45) is 0 Å². The monoisotopic (exact) mass is 411 g/mol. The maximum absolute atomic E-state index is 12.1. The third-order valence-corrected chi connectivity index (χ3v) is 7.24. The molecule has 9 heteroatoms. The number of nitrogens with zero attached hydrogens (tertiary/aromatic N) is 2. The van der Waals surface area contributed by atoms with Gasteiger partial charge in [-0.2, -0.15) is 5.10 Å². The van der Waals surface area contributed by atoms with Crippen molar-refractivity contribution in [3.63, 3.8) is 0 Å². The van der Waals surface area contributed by atoms with E-state index in [0.29, 0.717) is 28.3 Å². The largest absolute Gasteiger partial charge is 0.270 e. The van der Waals surface area contributed by atoms with Crippen LogP contribution in [0.25, 0.3) is 0 Å². The van der Waals surface area contributed by atoms with Crippen LogP contribution in [0, 0.1) is 13.8 Å². The average molecular weight is 413 g/mol. The predicted octanol–water partition coefficient (Wildman–Crippen LogP) is 3.35. The van der Waals surface area contributed by atoms with Gasteiger partial charge in [-0.3, -0.25) is 4.68 Å². The van der Waals surface area contributed by atoms with Crippen LogP contribution in [0.1, 0.15) is 17.8 Å². The summed E-state index contributed by atoms with van der Waals surface area (Å²) in [5.74, 6) is 0. The lowest BCUT2D eigenvalue weighted by Gasteiger charge is -2.06. The van der Waals surface area contributed by atoms with Crippen molar-refractivity contribution < 1.29 is 8.42 Å². The van der Waals surface area contributed by atoms with Crippen molar-refractivity contribution in [2.45, 2.75) is 31.0 Å². The van der Waals surface area contributed by atoms with Gasteiger partial charge >= 0.3 is 0 Å². The van der Waals surface area contributed by atoms with E-state index in [4.69, 9.17) is 11.6 Å². The van der Waals surface area contributed by atoms with E-state index in [1.54, 1.807) is 0 Å². The smallest absolute Gasteiger partial charge is 0.250 e. The zero-order valence-corrected chi connectivity index (χ0v) is 15.5. The highest BCUT2D eigenvalue weighted by molar-refractivity contribution is 9.11. The molecule has 0 aliphatic carbocycles. The molecule has 2 rings (SSSR count). The molecule has 0 saturated carbocycles. The van der Waals surface area contributed by atoms with Crippen molar-refractivity contribution in [1.82, 2.24) is 14.5 Å². The Balaban J connectivity index is 1.89. The first kappa shape index (κ1) is 17.0. The second-order valence-corrected chi connectivity index (χ2v) is 9.36. The van der Waals surface area contributed by atoms with E-state index >= 15 is 0 Å². The van der Waals surface area contributed by atoms with Crippen LogP contribution in [0.2, 0.25) is 5.02 Å². The zero-order chi connectivity index (χ0) is 15.6. The molecule has 116 valence electrons. The zero-order valence-electron chi connectivity index (χ0n) is 11.6. The van der Waals surface area contributed by atoms with E-state index in [0.717, 1.165) is 22.7 Å². The van der Waals surface area contributed by atoms with E-state index in [1.807, 2.05) is 24.6 Å². The van der Waals surface area contributed by atoms with Crippen molar-refractivity contribution in [2.75, 3.05) is 6.54 Å². The number of aryl methyl sites for hydroxylation is 3. The molecule has 0 unspecified atom stereocenters. The summed E-state index contributed by atoms with van der Waals surface area (Å²) in [7, 11) is -3.50. The Kier molecular flexibility index (Phi) is 5.48. The van der Waals surface area contributed by atoms with E-state index in [1.165, 1.54) is 6.07 Å². The van der Waals surface area contributed by atoms with Crippen molar-refractivity contribution in [3.8, 4) is 0 Å². The number of sulfonamides is 1. The highest BCUT2D eigenvalue weighted by atomic mass is 79.9. The standard InChI is InChI=1S/C12H15BrClN3O2S2/c1-8-6-9(2)17(16-8)5-3-4-15-21(18,19)11-7-10(14)12(13)20-11/h6-7,15H,3-5H2,1-2H3. The molecular formula is C12H15BrClN3O2S2. The van der Waals surface area contributed by atoms with Crippen LogP contribution in [-0.2, 0) is 16.6 Å². The summed E-state index contributed by atoms with van der Waals surface area (Å²) in [5.41, 5.74) is 2.04. The van der Waals surface area contributed by atoms with Crippen molar-refractivity contribution in [3.05, 3.63) is 32.3 Å². The van der Waals surface area contributed by atoms with Gasteiger partial charge in [0.25, 0.3) is 0 Å². The van der Waals surface area contributed by atoms with Crippen molar-refractivity contribution in [1.29, 1.82) is 0 Å². The van der Waals surface area contributed by atoms with E-state index in [9.17, 15) is 8.42 Å². The molecule has 2 aromatic heterocycles. The first-order valence-corrected chi connectivity index (χ1v) is 9.72. The van der Waals surface area contributed by atoms with Crippen molar-refractivity contribution >= 4 is 48.9 Å². The highest BCUT2D eigenvalue weighted by Crippen LogP contribution is 2.34. The first-order valence-electron chi connectivity index (χ1n) is 6.25. The first-order chi connectivity index (χ1) is 9.79. The Hall–Kier alpha value is -0.410. The number of halogens is 2. The molecule has 0 fully saturated rings. The Bertz CT molecular complexity index is 720. The molecule has 0 amide bonds. The second-order valence-electron chi connectivity index (χ2n) is 4.59. The number of hydrogen-bond acceptors (Lipinski definition) is 4. The Labute approximate surface area is 141 Å². The minimum absolute atomic E-state index is 0.213. The topological polar surface area (TPSA) is 64.0 Å². The third-order valence-electron chi connectivity index (χ3n) is 2.83. The average Bonchev–Trinajstić information content (AvgIpc) is 2.89. The third kappa shape index (κ3) is 4.29. The lowest BCUT2D eigenvalue weighted by Crippen LogP contribution is -2.25. The van der Waals surface area contributed by atoms with Crippen LogP contribution >= 0.6 is 38.9 Å². The fourth-order valence-electron chi connectivity index (χ4n) is 1.87. The molecule has 0 spiro atoms. The number of thiophene rings is 1. The van der Waals surface area contributed by atoms with Gasteiger partial charge in [-0.15, -0.1) is 11.3 Å². The van der Waals surface area contributed by atoms with E-state index < -0.39 is 10.0 Å².